The first-order chi connectivity index (χ1) is 12.4. The molecule has 2 rings (SSSR count). The fourth-order valence-corrected chi connectivity index (χ4v) is 2.43. The topological polar surface area (TPSA) is 108 Å². The van der Waals surface area contributed by atoms with E-state index in [1.165, 1.54) is 18.2 Å². The lowest BCUT2D eigenvalue weighted by Gasteiger charge is -2.11. The van der Waals surface area contributed by atoms with Crippen molar-refractivity contribution in [1.29, 1.82) is 5.26 Å². The fraction of sp³-hybridized carbons (Fsp3) is 0.263. The molecule has 134 valence electrons. The average Bonchev–Trinajstić information content (AvgIpc) is 2.59. The monoisotopic (exact) mass is 352 g/mol. The lowest BCUT2D eigenvalue weighted by Crippen LogP contribution is -2.14. The number of hydrogen-bond donors (Lipinski definition) is 2. The number of carbonyl (C=O) groups excluding carboxylic acids is 1. The van der Waals surface area contributed by atoms with E-state index in [1.807, 2.05) is 44.2 Å². The summed E-state index contributed by atoms with van der Waals surface area (Å²) in [4.78, 5) is 22.1. The van der Waals surface area contributed by atoms with Crippen LogP contribution in [-0.4, -0.2) is 10.8 Å². The Morgan fingerprint density at radius 1 is 1.27 bits per heavy atom. The second kappa shape index (κ2) is 8.62. The summed E-state index contributed by atoms with van der Waals surface area (Å²) in [6.45, 7) is 4.38. The largest absolute Gasteiger partial charge is 0.380 e. The molecule has 0 unspecified atom stereocenters. The van der Waals surface area contributed by atoms with E-state index in [0.717, 1.165) is 5.56 Å². The van der Waals surface area contributed by atoms with Crippen molar-refractivity contribution >= 4 is 23.0 Å². The van der Waals surface area contributed by atoms with Crippen LogP contribution in [0.4, 0.5) is 17.1 Å². The highest BCUT2D eigenvalue weighted by molar-refractivity contribution is 5.90. The quantitative estimate of drug-likeness (QED) is 0.577. The second-order valence-electron chi connectivity index (χ2n) is 6.30. The van der Waals surface area contributed by atoms with Crippen LogP contribution in [0.15, 0.2) is 42.5 Å². The number of nitriles is 1. The first kappa shape index (κ1) is 18.9. The van der Waals surface area contributed by atoms with E-state index >= 15 is 0 Å². The van der Waals surface area contributed by atoms with Crippen molar-refractivity contribution in [2.24, 2.45) is 5.92 Å². The molecule has 0 aliphatic rings. The number of nitro groups is 1. The van der Waals surface area contributed by atoms with Gasteiger partial charge >= 0.3 is 0 Å². The molecule has 0 aliphatic heterocycles. The Bertz CT molecular complexity index is 856. The van der Waals surface area contributed by atoms with E-state index in [0.29, 0.717) is 24.3 Å². The second-order valence-corrected chi connectivity index (χ2v) is 6.30. The minimum Gasteiger partial charge on any atom is -0.380 e. The van der Waals surface area contributed by atoms with E-state index in [9.17, 15) is 20.2 Å². The van der Waals surface area contributed by atoms with Crippen molar-refractivity contribution in [3.8, 4) is 6.07 Å². The zero-order chi connectivity index (χ0) is 19.1. The average molecular weight is 352 g/mol. The Kier molecular flexibility index (Phi) is 6.28. The summed E-state index contributed by atoms with van der Waals surface area (Å²) in [6.07, 6.45) is 0.455. The Hall–Kier alpha value is -3.40. The predicted molar refractivity (Wildman–Crippen MR) is 99.7 cm³/mol. The highest BCUT2D eigenvalue weighted by Gasteiger charge is 2.11. The summed E-state index contributed by atoms with van der Waals surface area (Å²) in [5.74, 6) is 0.249. The summed E-state index contributed by atoms with van der Waals surface area (Å²) in [5, 5.41) is 25.9. The number of amides is 1. The molecule has 1 amide bonds. The minimum absolute atomic E-state index is 0.0350. The molecule has 0 saturated heterocycles. The summed E-state index contributed by atoms with van der Waals surface area (Å²) >= 11 is 0. The van der Waals surface area contributed by atoms with Gasteiger partial charge in [0.2, 0.25) is 5.91 Å². The van der Waals surface area contributed by atoms with Gasteiger partial charge in [-0.25, -0.2) is 0 Å². The summed E-state index contributed by atoms with van der Waals surface area (Å²) in [7, 11) is 0. The molecule has 7 nitrogen and oxygen atoms in total. The molecule has 0 spiro atoms. The van der Waals surface area contributed by atoms with Crippen LogP contribution in [0.2, 0.25) is 0 Å². The molecule has 2 aromatic carbocycles. The summed E-state index contributed by atoms with van der Waals surface area (Å²) in [6, 6.07) is 13.5. The van der Waals surface area contributed by atoms with Crippen molar-refractivity contribution in [3.05, 3.63) is 63.7 Å². The number of carbonyl (C=O) groups is 1. The van der Waals surface area contributed by atoms with E-state index in [-0.39, 0.29) is 23.1 Å². The molecule has 0 heterocycles. The molecule has 0 aromatic heterocycles. The zero-order valence-electron chi connectivity index (χ0n) is 14.7. The molecule has 0 radical (unpaired) electrons. The lowest BCUT2D eigenvalue weighted by molar-refractivity contribution is -0.384. The van der Waals surface area contributed by atoms with Gasteiger partial charge < -0.3 is 10.6 Å². The molecule has 0 bridgehead atoms. The van der Waals surface area contributed by atoms with Gasteiger partial charge in [-0.3, -0.25) is 14.9 Å². The van der Waals surface area contributed by atoms with Crippen LogP contribution in [0.3, 0.4) is 0 Å². The van der Waals surface area contributed by atoms with Crippen LogP contribution in [0.25, 0.3) is 0 Å². The van der Waals surface area contributed by atoms with Gasteiger partial charge in [0.25, 0.3) is 5.69 Å². The summed E-state index contributed by atoms with van der Waals surface area (Å²) in [5.41, 5.74) is 2.23. The molecule has 2 N–H and O–H groups in total. The highest BCUT2D eigenvalue weighted by atomic mass is 16.6. The van der Waals surface area contributed by atoms with Gasteiger partial charge in [-0.15, -0.1) is 0 Å². The number of non-ortho nitro benzene ring substituents is 1. The molecular weight excluding hydrogens is 332 g/mol. The van der Waals surface area contributed by atoms with E-state index in [1.54, 1.807) is 0 Å². The van der Waals surface area contributed by atoms with Crippen molar-refractivity contribution < 1.29 is 9.72 Å². The van der Waals surface area contributed by atoms with Gasteiger partial charge in [0.05, 0.1) is 16.2 Å². The van der Waals surface area contributed by atoms with Crippen LogP contribution >= 0.6 is 0 Å². The van der Waals surface area contributed by atoms with Gasteiger partial charge in [0.1, 0.15) is 6.07 Å². The van der Waals surface area contributed by atoms with Crippen molar-refractivity contribution in [3.63, 3.8) is 0 Å². The smallest absolute Gasteiger partial charge is 0.270 e. The Morgan fingerprint density at radius 2 is 2.04 bits per heavy atom. The van der Waals surface area contributed by atoms with Gasteiger partial charge in [-0.1, -0.05) is 26.0 Å². The molecule has 0 fully saturated rings. The van der Waals surface area contributed by atoms with Crippen molar-refractivity contribution in [2.75, 3.05) is 10.6 Å². The van der Waals surface area contributed by atoms with E-state index in [2.05, 4.69) is 10.6 Å². The third kappa shape index (κ3) is 5.31. The highest BCUT2D eigenvalue weighted by Crippen LogP contribution is 2.22. The Morgan fingerprint density at radius 3 is 2.69 bits per heavy atom. The van der Waals surface area contributed by atoms with Crippen LogP contribution < -0.4 is 10.6 Å². The zero-order valence-corrected chi connectivity index (χ0v) is 14.7. The number of nitrogens with zero attached hydrogens (tertiary/aromatic N) is 2. The van der Waals surface area contributed by atoms with Crippen molar-refractivity contribution in [1.82, 2.24) is 0 Å². The maximum absolute atomic E-state index is 11.9. The number of hydrogen-bond acceptors (Lipinski definition) is 5. The predicted octanol–water partition coefficient (Wildman–Crippen LogP) is 4.06. The number of nitro benzene ring substituents is 1. The van der Waals surface area contributed by atoms with Crippen LogP contribution in [-0.2, 0) is 11.3 Å². The van der Waals surface area contributed by atoms with E-state index < -0.39 is 4.92 Å². The van der Waals surface area contributed by atoms with Crippen molar-refractivity contribution in [2.45, 2.75) is 26.8 Å². The number of anilines is 2. The standard InChI is InChI=1S/C19H20N4O3/c1-13(2)8-19(24)22-16-5-3-4-14(9-16)12-21-18-7-6-17(23(25)26)10-15(18)11-20/h3-7,9-10,13,21H,8,12H2,1-2H3,(H,22,24). The molecular formula is C19H20N4O3. The fourth-order valence-electron chi connectivity index (χ4n) is 2.43. The molecule has 0 aliphatic carbocycles. The molecule has 0 atom stereocenters. The molecule has 7 heteroatoms. The normalized spacial score (nSPS) is 10.2. The number of nitrogens with one attached hydrogen (secondary N) is 2. The Labute approximate surface area is 151 Å². The summed E-state index contributed by atoms with van der Waals surface area (Å²) < 4.78 is 0. The first-order valence-electron chi connectivity index (χ1n) is 8.20. The third-order valence-corrected chi connectivity index (χ3v) is 3.62. The maximum atomic E-state index is 11.9. The lowest BCUT2D eigenvalue weighted by atomic mass is 10.1. The number of rotatable bonds is 7. The Balaban J connectivity index is 2.06. The van der Waals surface area contributed by atoms with Crippen LogP contribution in [0.1, 0.15) is 31.4 Å². The third-order valence-electron chi connectivity index (χ3n) is 3.62. The first-order valence-corrected chi connectivity index (χ1v) is 8.20. The maximum Gasteiger partial charge on any atom is 0.270 e. The van der Waals surface area contributed by atoms with Gasteiger partial charge in [-0.05, 0) is 29.7 Å². The SMILES string of the molecule is CC(C)CC(=O)Nc1cccc(CNc2ccc([N+](=O)[O-])cc2C#N)c1. The number of benzene rings is 2. The van der Waals surface area contributed by atoms with E-state index in [4.69, 9.17) is 0 Å². The van der Waals surface area contributed by atoms with Crippen LogP contribution in [0, 0.1) is 27.4 Å². The van der Waals surface area contributed by atoms with Crippen LogP contribution in [0.5, 0.6) is 0 Å². The van der Waals surface area contributed by atoms with Gasteiger partial charge in [-0.2, -0.15) is 5.26 Å². The molecule has 2 aromatic rings. The minimum atomic E-state index is -0.534. The molecule has 0 saturated carbocycles. The van der Waals surface area contributed by atoms with Gasteiger partial charge in [0, 0.05) is 30.8 Å². The van der Waals surface area contributed by atoms with Gasteiger partial charge in [0.15, 0.2) is 0 Å². The molecule has 26 heavy (non-hydrogen) atoms.